The molecule has 0 aliphatic rings. The molecular weight excluding hydrogens is 162 g/mol. The van der Waals surface area contributed by atoms with Gasteiger partial charge in [-0.25, -0.2) is 0 Å². The van der Waals surface area contributed by atoms with Crippen LogP contribution >= 0.6 is 0 Å². The Labute approximate surface area is 82.3 Å². The number of carbonyl (C=O) groups excluding carboxylic acids is 1. The first-order valence-electron chi connectivity index (χ1n) is 4.92. The van der Waals surface area contributed by atoms with Gasteiger partial charge in [-0.05, 0) is 27.7 Å². The number of hydrogen-bond donors (Lipinski definition) is 0. The average molecular weight is 185 g/mol. The van der Waals surface area contributed by atoms with Crippen molar-refractivity contribution in [1.82, 2.24) is 4.90 Å². The molecular formula is C11H23NO. The maximum Gasteiger partial charge on any atom is 0.228 e. The van der Waals surface area contributed by atoms with Crippen LogP contribution in [0.5, 0.6) is 0 Å². The summed E-state index contributed by atoms with van der Waals surface area (Å²) in [6.45, 7) is 14.9. The number of carbonyl (C=O) groups is 1. The second-order valence-corrected chi connectivity index (χ2v) is 5.47. The third-order valence-corrected chi connectivity index (χ3v) is 2.01. The summed E-state index contributed by atoms with van der Waals surface area (Å²) < 4.78 is 0. The van der Waals surface area contributed by atoms with Gasteiger partial charge < -0.3 is 4.90 Å². The standard InChI is InChI=1S/C11H23NO/c1-8-12(11(5,6)7)9(13)10(2,3)4/h8H2,1-7H3. The summed E-state index contributed by atoms with van der Waals surface area (Å²) in [7, 11) is 0. The Hall–Kier alpha value is -0.530. The third-order valence-electron chi connectivity index (χ3n) is 2.01. The van der Waals surface area contributed by atoms with E-state index in [1.807, 2.05) is 32.6 Å². The molecule has 0 saturated heterocycles. The van der Waals surface area contributed by atoms with E-state index in [2.05, 4.69) is 20.8 Å². The quantitative estimate of drug-likeness (QED) is 0.615. The molecule has 0 rings (SSSR count). The van der Waals surface area contributed by atoms with Gasteiger partial charge in [0.1, 0.15) is 0 Å². The van der Waals surface area contributed by atoms with Crippen molar-refractivity contribution in [1.29, 1.82) is 0 Å². The lowest BCUT2D eigenvalue weighted by molar-refractivity contribution is -0.144. The lowest BCUT2D eigenvalue weighted by Crippen LogP contribution is -2.49. The molecule has 13 heavy (non-hydrogen) atoms. The molecule has 0 aliphatic carbocycles. The van der Waals surface area contributed by atoms with Crippen LogP contribution in [-0.2, 0) is 4.79 Å². The van der Waals surface area contributed by atoms with Crippen LogP contribution < -0.4 is 0 Å². The highest BCUT2D eigenvalue weighted by atomic mass is 16.2. The van der Waals surface area contributed by atoms with E-state index in [9.17, 15) is 4.79 Å². The van der Waals surface area contributed by atoms with Gasteiger partial charge in [0.15, 0.2) is 0 Å². The number of amides is 1. The third kappa shape index (κ3) is 3.37. The van der Waals surface area contributed by atoms with Crippen LogP contribution in [0.2, 0.25) is 0 Å². The molecule has 0 aromatic heterocycles. The molecule has 2 nitrogen and oxygen atoms in total. The van der Waals surface area contributed by atoms with E-state index in [1.54, 1.807) is 0 Å². The van der Waals surface area contributed by atoms with E-state index in [0.29, 0.717) is 0 Å². The molecule has 0 heterocycles. The van der Waals surface area contributed by atoms with Gasteiger partial charge in [0, 0.05) is 17.5 Å². The van der Waals surface area contributed by atoms with Gasteiger partial charge in [-0.3, -0.25) is 4.79 Å². The highest BCUT2D eigenvalue weighted by molar-refractivity contribution is 5.82. The minimum absolute atomic E-state index is 0.0703. The van der Waals surface area contributed by atoms with Gasteiger partial charge in [-0.2, -0.15) is 0 Å². The first-order chi connectivity index (χ1) is 5.60. The molecule has 0 aromatic carbocycles. The summed E-state index contributed by atoms with van der Waals surface area (Å²) in [5.74, 6) is 0.225. The maximum atomic E-state index is 12.0. The predicted octanol–water partition coefficient (Wildman–Crippen LogP) is 2.68. The Bertz CT molecular complexity index is 183. The van der Waals surface area contributed by atoms with Crippen molar-refractivity contribution in [2.75, 3.05) is 6.54 Å². The molecule has 0 atom stereocenters. The maximum absolute atomic E-state index is 12.0. The zero-order chi connectivity index (χ0) is 10.9. The predicted molar refractivity (Wildman–Crippen MR) is 56.6 cm³/mol. The van der Waals surface area contributed by atoms with E-state index in [1.165, 1.54) is 0 Å². The van der Waals surface area contributed by atoms with Gasteiger partial charge in [0.2, 0.25) is 5.91 Å². The number of rotatable bonds is 1. The Balaban J connectivity index is 4.72. The molecule has 0 spiro atoms. The SMILES string of the molecule is CCN(C(=O)C(C)(C)C)C(C)(C)C. The smallest absolute Gasteiger partial charge is 0.228 e. The monoisotopic (exact) mass is 185 g/mol. The summed E-state index contributed by atoms with van der Waals surface area (Å²) in [5.41, 5.74) is -0.345. The van der Waals surface area contributed by atoms with Gasteiger partial charge in [-0.1, -0.05) is 20.8 Å². The highest BCUT2D eigenvalue weighted by Gasteiger charge is 2.32. The summed E-state index contributed by atoms with van der Waals surface area (Å²) in [6, 6.07) is 0. The Kier molecular flexibility index (Phi) is 3.54. The largest absolute Gasteiger partial charge is 0.338 e. The molecule has 78 valence electrons. The lowest BCUT2D eigenvalue weighted by atomic mass is 9.92. The van der Waals surface area contributed by atoms with Crippen LogP contribution in [-0.4, -0.2) is 22.9 Å². The first kappa shape index (κ1) is 12.5. The lowest BCUT2D eigenvalue weighted by Gasteiger charge is -2.38. The molecule has 1 amide bonds. The molecule has 0 bridgehead atoms. The molecule has 0 fully saturated rings. The van der Waals surface area contributed by atoms with Gasteiger partial charge in [0.05, 0.1) is 0 Å². The molecule has 0 aliphatic heterocycles. The van der Waals surface area contributed by atoms with E-state index >= 15 is 0 Å². The zero-order valence-corrected chi connectivity index (χ0v) is 10.1. The highest BCUT2D eigenvalue weighted by Crippen LogP contribution is 2.23. The van der Waals surface area contributed by atoms with Gasteiger partial charge in [0.25, 0.3) is 0 Å². The first-order valence-corrected chi connectivity index (χ1v) is 4.92. The van der Waals surface area contributed by atoms with Crippen LogP contribution in [0.3, 0.4) is 0 Å². The van der Waals surface area contributed by atoms with E-state index in [0.717, 1.165) is 6.54 Å². The summed E-state index contributed by atoms with van der Waals surface area (Å²) in [6.07, 6.45) is 0. The van der Waals surface area contributed by atoms with Crippen LogP contribution in [0.25, 0.3) is 0 Å². The van der Waals surface area contributed by atoms with Crippen LogP contribution in [0.1, 0.15) is 48.5 Å². The van der Waals surface area contributed by atoms with Crippen molar-refractivity contribution in [2.24, 2.45) is 5.41 Å². The Morgan fingerprint density at radius 3 is 1.54 bits per heavy atom. The molecule has 0 radical (unpaired) electrons. The fourth-order valence-electron chi connectivity index (χ4n) is 1.33. The van der Waals surface area contributed by atoms with Crippen molar-refractivity contribution in [3.05, 3.63) is 0 Å². The number of nitrogens with zero attached hydrogens (tertiary/aromatic N) is 1. The fourth-order valence-corrected chi connectivity index (χ4v) is 1.33. The van der Waals surface area contributed by atoms with Crippen LogP contribution in [0.4, 0.5) is 0 Å². The summed E-state index contributed by atoms with van der Waals surface area (Å²) in [5, 5.41) is 0. The summed E-state index contributed by atoms with van der Waals surface area (Å²) in [4.78, 5) is 13.9. The van der Waals surface area contributed by atoms with Crippen LogP contribution in [0, 0.1) is 5.41 Å². The van der Waals surface area contributed by atoms with Crippen molar-refractivity contribution < 1.29 is 4.79 Å². The topological polar surface area (TPSA) is 20.3 Å². The van der Waals surface area contributed by atoms with Crippen molar-refractivity contribution in [3.8, 4) is 0 Å². The second-order valence-electron chi connectivity index (χ2n) is 5.47. The van der Waals surface area contributed by atoms with E-state index in [-0.39, 0.29) is 16.9 Å². The molecule has 2 heteroatoms. The molecule has 0 aromatic rings. The second kappa shape index (κ2) is 3.69. The van der Waals surface area contributed by atoms with Gasteiger partial charge in [-0.15, -0.1) is 0 Å². The fraction of sp³-hybridized carbons (Fsp3) is 0.909. The average Bonchev–Trinajstić information content (AvgIpc) is 1.83. The molecule has 0 unspecified atom stereocenters. The van der Waals surface area contributed by atoms with Crippen molar-refractivity contribution in [2.45, 2.75) is 54.0 Å². The number of hydrogen-bond acceptors (Lipinski definition) is 1. The van der Waals surface area contributed by atoms with Gasteiger partial charge >= 0.3 is 0 Å². The molecule has 0 saturated carbocycles. The Morgan fingerprint density at radius 2 is 1.46 bits per heavy atom. The van der Waals surface area contributed by atoms with Crippen LogP contribution in [0.15, 0.2) is 0 Å². The van der Waals surface area contributed by atoms with E-state index < -0.39 is 0 Å². The van der Waals surface area contributed by atoms with Crippen molar-refractivity contribution in [3.63, 3.8) is 0 Å². The molecule has 0 N–H and O–H groups in total. The minimum Gasteiger partial charge on any atom is -0.338 e. The van der Waals surface area contributed by atoms with E-state index in [4.69, 9.17) is 0 Å². The zero-order valence-electron chi connectivity index (χ0n) is 10.1. The minimum atomic E-state index is -0.275. The summed E-state index contributed by atoms with van der Waals surface area (Å²) >= 11 is 0. The Morgan fingerprint density at radius 1 is 1.08 bits per heavy atom. The normalized spacial score (nSPS) is 12.8. The van der Waals surface area contributed by atoms with Crippen molar-refractivity contribution >= 4 is 5.91 Å².